The quantitative estimate of drug-likeness (QED) is 0.666. The molecule has 3 rings (SSSR count). The lowest BCUT2D eigenvalue weighted by molar-refractivity contribution is -0.113. The van der Waals surface area contributed by atoms with Crippen LogP contribution in [0.3, 0.4) is 0 Å². The van der Waals surface area contributed by atoms with Gasteiger partial charge in [0.05, 0.1) is 6.26 Å². The lowest BCUT2D eigenvalue weighted by Gasteiger charge is -2.13. The molecule has 5 heteroatoms. The van der Waals surface area contributed by atoms with Crippen molar-refractivity contribution in [1.29, 1.82) is 0 Å². The maximum atomic E-state index is 12.8. The second-order valence-corrected chi connectivity index (χ2v) is 6.10. The first kappa shape index (κ1) is 18.2. The smallest absolute Gasteiger partial charge is 0.272 e. The molecule has 0 unspecified atom stereocenters. The molecule has 1 aromatic heterocycles. The number of carbonyl (C=O) groups is 2. The number of benzene rings is 2. The molecule has 27 heavy (non-hydrogen) atoms. The van der Waals surface area contributed by atoms with E-state index in [1.54, 1.807) is 36.4 Å². The van der Waals surface area contributed by atoms with Gasteiger partial charge in [-0.2, -0.15) is 0 Å². The van der Waals surface area contributed by atoms with Gasteiger partial charge in [0.1, 0.15) is 11.5 Å². The first-order chi connectivity index (χ1) is 13.0. The molecule has 0 aliphatic rings. The summed E-state index contributed by atoms with van der Waals surface area (Å²) in [6, 6.07) is 17.8. The van der Waals surface area contributed by atoms with Crippen LogP contribution in [0.15, 0.2) is 77.0 Å². The maximum Gasteiger partial charge on any atom is 0.272 e. The van der Waals surface area contributed by atoms with Crippen molar-refractivity contribution in [3.63, 3.8) is 0 Å². The predicted octanol–water partition coefficient (Wildman–Crippen LogP) is 4.31. The molecule has 2 aromatic carbocycles. The molecule has 0 radical (unpaired) electrons. The van der Waals surface area contributed by atoms with Crippen molar-refractivity contribution in [2.75, 3.05) is 5.32 Å². The fraction of sp³-hybridized carbons (Fsp3) is 0.0909. The van der Waals surface area contributed by atoms with Crippen LogP contribution >= 0.6 is 0 Å². The Balaban J connectivity index is 1.87. The molecule has 3 aromatic rings. The largest absolute Gasteiger partial charge is 0.465 e. The Morgan fingerprint density at radius 1 is 0.926 bits per heavy atom. The van der Waals surface area contributed by atoms with Gasteiger partial charge in [-0.25, -0.2) is 0 Å². The summed E-state index contributed by atoms with van der Waals surface area (Å²) in [4.78, 5) is 25.3. The van der Waals surface area contributed by atoms with Crippen LogP contribution in [0, 0.1) is 13.8 Å². The van der Waals surface area contributed by atoms with E-state index in [1.807, 2.05) is 38.1 Å². The zero-order valence-electron chi connectivity index (χ0n) is 15.2. The Labute approximate surface area is 157 Å². The number of carbonyl (C=O) groups excluding carboxylic acids is 2. The summed E-state index contributed by atoms with van der Waals surface area (Å²) in [5, 5.41) is 5.53. The molecule has 0 bridgehead atoms. The average molecular weight is 360 g/mol. The zero-order valence-corrected chi connectivity index (χ0v) is 15.2. The van der Waals surface area contributed by atoms with Crippen LogP contribution in [0.1, 0.15) is 27.2 Å². The van der Waals surface area contributed by atoms with E-state index in [4.69, 9.17) is 4.42 Å². The lowest BCUT2D eigenvalue weighted by Crippen LogP contribution is -2.30. The van der Waals surface area contributed by atoms with Crippen LogP contribution in [0.5, 0.6) is 0 Å². The third-order valence-electron chi connectivity index (χ3n) is 4.21. The van der Waals surface area contributed by atoms with Crippen molar-refractivity contribution in [3.8, 4) is 0 Å². The third kappa shape index (κ3) is 4.52. The van der Waals surface area contributed by atoms with Gasteiger partial charge in [0.15, 0.2) is 0 Å². The van der Waals surface area contributed by atoms with Gasteiger partial charge in [-0.1, -0.05) is 30.3 Å². The highest BCUT2D eigenvalue weighted by molar-refractivity contribution is 6.10. The van der Waals surface area contributed by atoms with E-state index in [9.17, 15) is 9.59 Å². The van der Waals surface area contributed by atoms with Crippen LogP contribution in [0.2, 0.25) is 0 Å². The van der Waals surface area contributed by atoms with E-state index in [2.05, 4.69) is 10.6 Å². The summed E-state index contributed by atoms with van der Waals surface area (Å²) >= 11 is 0. The second kappa shape index (κ2) is 8.19. The summed E-state index contributed by atoms with van der Waals surface area (Å²) < 4.78 is 5.29. The molecule has 0 saturated heterocycles. The Hall–Kier alpha value is -3.60. The Kier molecular flexibility index (Phi) is 5.52. The number of amides is 2. The summed E-state index contributed by atoms with van der Waals surface area (Å²) in [6.07, 6.45) is 3.01. The van der Waals surface area contributed by atoms with E-state index in [-0.39, 0.29) is 11.6 Å². The van der Waals surface area contributed by atoms with E-state index in [1.165, 1.54) is 12.3 Å². The van der Waals surface area contributed by atoms with Crippen LogP contribution in [-0.2, 0) is 4.79 Å². The molecule has 2 amide bonds. The van der Waals surface area contributed by atoms with Gasteiger partial charge in [0, 0.05) is 17.3 Å². The molecular formula is C22H20N2O3. The van der Waals surface area contributed by atoms with Crippen molar-refractivity contribution >= 4 is 23.6 Å². The molecule has 1 heterocycles. The minimum absolute atomic E-state index is 0.0970. The third-order valence-corrected chi connectivity index (χ3v) is 4.21. The molecule has 0 atom stereocenters. The van der Waals surface area contributed by atoms with Gasteiger partial charge >= 0.3 is 0 Å². The average Bonchev–Trinajstić information content (AvgIpc) is 3.18. The van der Waals surface area contributed by atoms with Crippen LogP contribution < -0.4 is 10.6 Å². The number of hydrogen-bond acceptors (Lipinski definition) is 3. The highest BCUT2D eigenvalue weighted by Crippen LogP contribution is 2.19. The summed E-state index contributed by atoms with van der Waals surface area (Å²) in [5.41, 5.74) is 3.29. The summed E-state index contributed by atoms with van der Waals surface area (Å²) in [7, 11) is 0. The molecule has 136 valence electrons. The number of anilines is 1. The molecule has 5 nitrogen and oxygen atoms in total. The highest BCUT2D eigenvalue weighted by Gasteiger charge is 2.16. The first-order valence-electron chi connectivity index (χ1n) is 8.54. The SMILES string of the molecule is Cc1cccc(NC(=O)/C(=C/c2ccco2)NC(=O)c2ccccc2)c1C. The predicted molar refractivity (Wildman–Crippen MR) is 105 cm³/mol. The van der Waals surface area contributed by atoms with E-state index < -0.39 is 5.91 Å². The lowest BCUT2D eigenvalue weighted by atomic mass is 10.1. The molecular weight excluding hydrogens is 340 g/mol. The first-order valence-corrected chi connectivity index (χ1v) is 8.54. The Bertz CT molecular complexity index is 974. The van der Waals surface area contributed by atoms with E-state index in [0.717, 1.165) is 11.1 Å². The van der Waals surface area contributed by atoms with Crippen molar-refractivity contribution in [2.24, 2.45) is 0 Å². The molecule has 0 aliphatic heterocycles. The number of rotatable bonds is 5. The van der Waals surface area contributed by atoms with Crippen molar-refractivity contribution in [1.82, 2.24) is 5.32 Å². The van der Waals surface area contributed by atoms with Gasteiger partial charge in [0.25, 0.3) is 11.8 Å². The van der Waals surface area contributed by atoms with Crippen LogP contribution in [0.4, 0.5) is 5.69 Å². The van der Waals surface area contributed by atoms with Gasteiger partial charge in [-0.15, -0.1) is 0 Å². The normalized spacial score (nSPS) is 11.1. The second-order valence-electron chi connectivity index (χ2n) is 6.10. The Morgan fingerprint density at radius 3 is 2.41 bits per heavy atom. The minimum Gasteiger partial charge on any atom is -0.465 e. The fourth-order valence-corrected chi connectivity index (χ4v) is 2.53. The molecule has 0 saturated carbocycles. The maximum absolute atomic E-state index is 12.8. The number of hydrogen-bond donors (Lipinski definition) is 2. The van der Waals surface area contributed by atoms with Crippen LogP contribution in [-0.4, -0.2) is 11.8 Å². The standard InChI is InChI=1S/C22H20N2O3/c1-15-8-6-12-19(16(15)2)23-22(26)20(14-18-11-7-13-27-18)24-21(25)17-9-4-3-5-10-17/h3-14H,1-2H3,(H,23,26)(H,24,25)/b20-14-. The number of furan rings is 1. The topological polar surface area (TPSA) is 71.3 Å². The van der Waals surface area contributed by atoms with Crippen molar-refractivity contribution in [2.45, 2.75) is 13.8 Å². The van der Waals surface area contributed by atoms with Gasteiger partial charge in [-0.3, -0.25) is 9.59 Å². The van der Waals surface area contributed by atoms with Crippen molar-refractivity contribution < 1.29 is 14.0 Å². The molecule has 2 N–H and O–H groups in total. The van der Waals surface area contributed by atoms with Crippen molar-refractivity contribution in [3.05, 3.63) is 95.1 Å². The molecule has 0 spiro atoms. The number of aryl methyl sites for hydroxylation is 1. The fourth-order valence-electron chi connectivity index (χ4n) is 2.53. The molecule has 0 aliphatic carbocycles. The van der Waals surface area contributed by atoms with Gasteiger partial charge in [0.2, 0.25) is 0 Å². The minimum atomic E-state index is -0.426. The Morgan fingerprint density at radius 2 is 1.70 bits per heavy atom. The molecule has 0 fully saturated rings. The van der Waals surface area contributed by atoms with E-state index in [0.29, 0.717) is 17.0 Å². The summed E-state index contributed by atoms with van der Waals surface area (Å²) in [5.74, 6) is -0.330. The number of nitrogens with one attached hydrogen (secondary N) is 2. The zero-order chi connectivity index (χ0) is 19.2. The van der Waals surface area contributed by atoms with Crippen LogP contribution in [0.25, 0.3) is 6.08 Å². The van der Waals surface area contributed by atoms with E-state index >= 15 is 0 Å². The highest BCUT2D eigenvalue weighted by atomic mass is 16.3. The van der Waals surface area contributed by atoms with Gasteiger partial charge < -0.3 is 15.1 Å². The monoisotopic (exact) mass is 360 g/mol. The van der Waals surface area contributed by atoms with Gasteiger partial charge in [-0.05, 0) is 55.3 Å². The summed E-state index contributed by atoms with van der Waals surface area (Å²) in [6.45, 7) is 3.91.